The second kappa shape index (κ2) is 9.15. The summed E-state index contributed by atoms with van der Waals surface area (Å²) in [6, 6.07) is 16.5. The van der Waals surface area contributed by atoms with Gasteiger partial charge in [-0.3, -0.25) is 4.98 Å². The molecule has 1 heterocycles. The van der Waals surface area contributed by atoms with Crippen LogP contribution < -0.4 is 4.84 Å². The third kappa shape index (κ3) is 4.83. The lowest BCUT2D eigenvalue weighted by Crippen LogP contribution is -2.23. The number of hydroxylamine groups is 2. The zero-order valence-corrected chi connectivity index (χ0v) is 17.0. The number of hydrogen-bond donors (Lipinski definition) is 0. The molecule has 26 heavy (non-hydrogen) atoms. The molecular formula is C22H25BrN2O. The van der Waals surface area contributed by atoms with Gasteiger partial charge in [-0.25, -0.2) is 0 Å². The summed E-state index contributed by atoms with van der Waals surface area (Å²) in [5.41, 5.74) is 2.11. The van der Waals surface area contributed by atoms with Crippen molar-refractivity contribution in [3.63, 3.8) is 0 Å². The molecule has 3 nitrogen and oxygen atoms in total. The first-order valence-corrected chi connectivity index (χ1v) is 10.0. The molecule has 0 aliphatic carbocycles. The fourth-order valence-corrected chi connectivity index (χ4v) is 3.30. The summed E-state index contributed by atoms with van der Waals surface area (Å²) in [4.78, 5) is 10.6. The molecule has 136 valence electrons. The number of aromatic nitrogens is 1. The molecule has 0 N–H and O–H groups in total. The first kappa shape index (κ1) is 18.9. The quantitative estimate of drug-likeness (QED) is 0.313. The smallest absolute Gasteiger partial charge is 0.148 e. The van der Waals surface area contributed by atoms with Crippen LogP contribution >= 0.6 is 15.9 Å². The van der Waals surface area contributed by atoms with Crippen LogP contribution in [0.25, 0.3) is 22.0 Å². The van der Waals surface area contributed by atoms with Crippen LogP contribution in [-0.2, 0) is 0 Å². The Morgan fingerprint density at radius 1 is 1.00 bits per heavy atom. The van der Waals surface area contributed by atoms with Gasteiger partial charge in [-0.1, -0.05) is 54.2 Å². The normalized spacial score (nSPS) is 11.2. The van der Waals surface area contributed by atoms with Crippen LogP contribution in [0.2, 0.25) is 0 Å². The van der Waals surface area contributed by atoms with E-state index in [0.29, 0.717) is 0 Å². The summed E-state index contributed by atoms with van der Waals surface area (Å²) < 4.78 is 1.07. The van der Waals surface area contributed by atoms with E-state index in [-0.39, 0.29) is 0 Å². The number of benzene rings is 2. The molecule has 1 aromatic heterocycles. The molecule has 0 aliphatic heterocycles. The summed E-state index contributed by atoms with van der Waals surface area (Å²) in [6.45, 7) is 3.17. The number of fused-ring (bicyclic) bond motifs is 1. The summed E-state index contributed by atoms with van der Waals surface area (Å²) >= 11 is 3.48. The first-order chi connectivity index (χ1) is 12.7. The van der Waals surface area contributed by atoms with Crippen LogP contribution in [0.5, 0.6) is 5.75 Å². The second-order valence-electron chi connectivity index (χ2n) is 6.55. The lowest BCUT2D eigenvalue weighted by Gasteiger charge is -2.18. The van der Waals surface area contributed by atoms with Crippen molar-refractivity contribution in [3.05, 3.63) is 59.2 Å². The molecular weight excluding hydrogens is 388 g/mol. The highest BCUT2D eigenvalue weighted by atomic mass is 79.9. The minimum Gasteiger partial charge on any atom is -0.406 e. The van der Waals surface area contributed by atoms with Gasteiger partial charge in [-0.15, -0.1) is 5.06 Å². The van der Waals surface area contributed by atoms with E-state index in [4.69, 9.17) is 4.84 Å². The number of pyridine rings is 1. The van der Waals surface area contributed by atoms with Gasteiger partial charge in [0.1, 0.15) is 5.75 Å². The van der Waals surface area contributed by atoms with Crippen LogP contribution in [0.4, 0.5) is 0 Å². The van der Waals surface area contributed by atoms with Gasteiger partial charge in [0.25, 0.3) is 0 Å². The fraction of sp³-hybridized carbons (Fsp3) is 0.318. The highest BCUT2D eigenvalue weighted by Gasteiger charge is 2.08. The van der Waals surface area contributed by atoms with Crippen molar-refractivity contribution in [2.24, 2.45) is 0 Å². The maximum atomic E-state index is 5.97. The zero-order chi connectivity index (χ0) is 18.4. The molecule has 0 amide bonds. The van der Waals surface area contributed by atoms with E-state index >= 15 is 0 Å². The molecule has 3 rings (SSSR count). The molecule has 0 bridgehead atoms. The molecule has 0 aliphatic rings. The number of halogens is 1. The first-order valence-electron chi connectivity index (χ1n) is 9.21. The number of hydrogen-bond acceptors (Lipinski definition) is 3. The number of rotatable bonds is 8. The minimum atomic E-state index is 0.864. The van der Waals surface area contributed by atoms with E-state index in [2.05, 4.69) is 52.1 Å². The predicted molar refractivity (Wildman–Crippen MR) is 112 cm³/mol. The van der Waals surface area contributed by atoms with Crippen LogP contribution in [0.15, 0.2) is 59.2 Å². The average Bonchev–Trinajstić information content (AvgIpc) is 2.65. The minimum absolute atomic E-state index is 0.864. The topological polar surface area (TPSA) is 25.4 Å². The van der Waals surface area contributed by atoms with Crippen molar-refractivity contribution < 1.29 is 4.84 Å². The van der Waals surface area contributed by atoms with Crippen LogP contribution in [0, 0.1) is 0 Å². The highest BCUT2D eigenvalue weighted by molar-refractivity contribution is 9.10. The summed E-state index contributed by atoms with van der Waals surface area (Å²) in [5, 5.41) is 4.19. The Morgan fingerprint density at radius 3 is 2.58 bits per heavy atom. The lowest BCUT2D eigenvalue weighted by molar-refractivity contribution is -0.0326. The van der Waals surface area contributed by atoms with E-state index in [0.717, 1.165) is 45.2 Å². The molecule has 0 radical (unpaired) electrons. The average molecular weight is 413 g/mol. The van der Waals surface area contributed by atoms with Gasteiger partial charge in [0, 0.05) is 35.2 Å². The molecule has 0 fully saturated rings. The van der Waals surface area contributed by atoms with Crippen LogP contribution in [0.3, 0.4) is 0 Å². The maximum absolute atomic E-state index is 5.97. The van der Waals surface area contributed by atoms with E-state index < -0.39 is 0 Å². The summed E-state index contributed by atoms with van der Waals surface area (Å²) in [7, 11) is 2.00. The number of nitrogens with zero attached hydrogens (tertiary/aromatic N) is 2. The van der Waals surface area contributed by atoms with Crippen molar-refractivity contribution in [1.29, 1.82) is 0 Å². The van der Waals surface area contributed by atoms with Crippen molar-refractivity contribution in [2.75, 3.05) is 13.6 Å². The Labute approximate surface area is 164 Å². The largest absolute Gasteiger partial charge is 0.406 e. The fourth-order valence-electron chi connectivity index (χ4n) is 3.04. The van der Waals surface area contributed by atoms with Crippen molar-refractivity contribution >= 4 is 26.7 Å². The van der Waals surface area contributed by atoms with Crippen LogP contribution in [-0.4, -0.2) is 23.6 Å². The third-order valence-corrected chi connectivity index (χ3v) is 4.97. The van der Waals surface area contributed by atoms with Gasteiger partial charge >= 0.3 is 0 Å². The molecule has 3 aromatic rings. The monoisotopic (exact) mass is 412 g/mol. The Balaban J connectivity index is 1.76. The Hall–Kier alpha value is -1.91. The lowest BCUT2D eigenvalue weighted by atomic mass is 10.0. The molecule has 2 aromatic carbocycles. The van der Waals surface area contributed by atoms with Crippen molar-refractivity contribution in [1.82, 2.24) is 10.0 Å². The maximum Gasteiger partial charge on any atom is 0.148 e. The summed E-state index contributed by atoms with van der Waals surface area (Å²) in [5.74, 6) is 0.864. The Bertz CT molecular complexity index is 848. The molecule has 0 saturated heterocycles. The van der Waals surface area contributed by atoms with Crippen LogP contribution in [0.1, 0.15) is 32.6 Å². The van der Waals surface area contributed by atoms with E-state index in [9.17, 15) is 0 Å². The second-order valence-corrected chi connectivity index (χ2v) is 7.47. The SMILES string of the molecule is CCCCCCN(C)Oc1ccc2c(-c3ccc(Br)cc3)nccc2c1. The van der Waals surface area contributed by atoms with E-state index in [1.165, 1.54) is 19.3 Å². The Morgan fingerprint density at radius 2 is 1.81 bits per heavy atom. The Kier molecular flexibility index (Phi) is 6.64. The van der Waals surface area contributed by atoms with Gasteiger partial charge in [0.05, 0.1) is 5.69 Å². The third-order valence-electron chi connectivity index (χ3n) is 4.44. The van der Waals surface area contributed by atoms with E-state index in [1.807, 2.05) is 42.6 Å². The molecule has 0 unspecified atom stereocenters. The zero-order valence-electron chi connectivity index (χ0n) is 15.4. The van der Waals surface area contributed by atoms with Gasteiger partial charge in [-0.05, 0) is 48.2 Å². The van der Waals surface area contributed by atoms with E-state index in [1.54, 1.807) is 0 Å². The van der Waals surface area contributed by atoms with Crippen molar-refractivity contribution in [3.8, 4) is 17.0 Å². The molecule has 0 saturated carbocycles. The van der Waals surface area contributed by atoms with Gasteiger partial charge in [0.15, 0.2) is 0 Å². The van der Waals surface area contributed by atoms with Gasteiger partial charge in [0.2, 0.25) is 0 Å². The standard InChI is InChI=1S/C22H25BrN2O/c1-3-4-5-6-15-25(2)26-20-11-12-21-18(16-20)13-14-24-22(21)17-7-9-19(23)10-8-17/h7-14,16H,3-6,15H2,1-2H3. The molecule has 4 heteroatoms. The molecule has 0 atom stereocenters. The van der Waals surface area contributed by atoms with Crippen molar-refractivity contribution in [2.45, 2.75) is 32.6 Å². The highest BCUT2D eigenvalue weighted by Crippen LogP contribution is 2.30. The predicted octanol–water partition coefficient (Wildman–Crippen LogP) is 6.47. The summed E-state index contributed by atoms with van der Waals surface area (Å²) in [6.07, 6.45) is 6.82. The molecule has 0 spiro atoms. The number of unbranched alkanes of at least 4 members (excludes halogenated alkanes) is 3. The van der Waals surface area contributed by atoms with Gasteiger partial charge < -0.3 is 4.84 Å². The van der Waals surface area contributed by atoms with Gasteiger partial charge in [-0.2, -0.15) is 0 Å².